The van der Waals surface area contributed by atoms with E-state index in [-0.39, 0.29) is 12.5 Å². The molecule has 3 aromatic carbocycles. The molecule has 194 valence electrons. The zero-order chi connectivity index (χ0) is 26.5. The van der Waals surface area contributed by atoms with Gasteiger partial charge in [-0.15, -0.1) is 10.2 Å². The fourth-order valence-corrected chi connectivity index (χ4v) is 4.52. The summed E-state index contributed by atoms with van der Waals surface area (Å²) in [6.07, 6.45) is 0. The second-order valence-corrected chi connectivity index (χ2v) is 9.57. The highest BCUT2D eigenvalue weighted by atomic mass is 16.5. The number of aryl methyl sites for hydroxylation is 3. The van der Waals surface area contributed by atoms with Gasteiger partial charge in [-0.25, -0.2) is 0 Å². The summed E-state index contributed by atoms with van der Waals surface area (Å²) < 4.78 is 11.5. The third-order valence-electron chi connectivity index (χ3n) is 6.89. The lowest BCUT2D eigenvalue weighted by Gasteiger charge is -2.35. The van der Waals surface area contributed by atoms with Crippen molar-refractivity contribution in [2.45, 2.75) is 20.8 Å². The highest BCUT2D eigenvalue weighted by Crippen LogP contribution is 2.26. The van der Waals surface area contributed by atoms with Gasteiger partial charge in [0.1, 0.15) is 17.2 Å². The van der Waals surface area contributed by atoms with Gasteiger partial charge in [0, 0.05) is 31.7 Å². The van der Waals surface area contributed by atoms with Crippen LogP contribution in [0.4, 0.5) is 5.82 Å². The van der Waals surface area contributed by atoms with E-state index >= 15 is 0 Å². The van der Waals surface area contributed by atoms with Crippen molar-refractivity contribution in [3.05, 3.63) is 95.6 Å². The average Bonchev–Trinajstić information content (AvgIpc) is 2.95. The standard InChI is InChI=1S/C31H32N4O3/c1-22-19-24(3)28(20-23(22)2)29-13-14-30(33-32-29)34-15-17-35(18-16-34)31(36)21-37-25-9-11-27(12-10-25)38-26-7-5-4-6-8-26/h4-14,19-20H,15-18,21H2,1-3H3. The molecule has 38 heavy (non-hydrogen) atoms. The van der Waals surface area contributed by atoms with Crippen molar-refractivity contribution in [3.8, 4) is 28.5 Å². The molecule has 0 spiro atoms. The molecule has 4 aromatic rings. The van der Waals surface area contributed by atoms with Crippen LogP contribution >= 0.6 is 0 Å². The van der Waals surface area contributed by atoms with Gasteiger partial charge in [0.2, 0.25) is 0 Å². The number of hydrogen-bond donors (Lipinski definition) is 0. The van der Waals surface area contributed by atoms with Gasteiger partial charge >= 0.3 is 0 Å². The lowest BCUT2D eigenvalue weighted by molar-refractivity contribution is -0.133. The van der Waals surface area contributed by atoms with Crippen molar-refractivity contribution in [3.63, 3.8) is 0 Å². The number of para-hydroxylation sites is 1. The van der Waals surface area contributed by atoms with Gasteiger partial charge in [-0.3, -0.25) is 4.79 Å². The highest BCUT2D eigenvalue weighted by Gasteiger charge is 2.22. The summed E-state index contributed by atoms with van der Waals surface area (Å²) >= 11 is 0. The van der Waals surface area contributed by atoms with Gasteiger partial charge in [0.05, 0.1) is 5.69 Å². The first kappa shape index (κ1) is 25.3. The van der Waals surface area contributed by atoms with Crippen molar-refractivity contribution < 1.29 is 14.3 Å². The second-order valence-electron chi connectivity index (χ2n) is 9.57. The Morgan fingerprint density at radius 3 is 2.08 bits per heavy atom. The fourth-order valence-electron chi connectivity index (χ4n) is 4.52. The number of anilines is 1. The first-order chi connectivity index (χ1) is 18.5. The molecule has 0 N–H and O–H groups in total. The van der Waals surface area contributed by atoms with E-state index in [4.69, 9.17) is 9.47 Å². The number of carbonyl (C=O) groups excluding carboxylic acids is 1. The molecule has 1 aliphatic rings. The molecule has 7 nitrogen and oxygen atoms in total. The minimum absolute atomic E-state index is 0.00269. The molecule has 0 bridgehead atoms. The van der Waals surface area contributed by atoms with Crippen molar-refractivity contribution in [1.29, 1.82) is 0 Å². The Hall–Kier alpha value is -4.39. The molecule has 1 aliphatic heterocycles. The molecule has 0 saturated carbocycles. The maximum atomic E-state index is 12.7. The minimum atomic E-state index is -0.0269. The SMILES string of the molecule is Cc1cc(C)c(-c2ccc(N3CCN(C(=O)COc4ccc(Oc5ccccc5)cc4)CC3)nn2)cc1C. The summed E-state index contributed by atoms with van der Waals surface area (Å²) in [5.74, 6) is 2.92. The Labute approximate surface area is 223 Å². The number of hydrogen-bond acceptors (Lipinski definition) is 6. The van der Waals surface area contributed by atoms with Crippen molar-refractivity contribution >= 4 is 11.7 Å². The van der Waals surface area contributed by atoms with Gasteiger partial charge in [0.15, 0.2) is 12.4 Å². The summed E-state index contributed by atoms with van der Waals surface area (Å²) in [4.78, 5) is 16.7. The zero-order valence-corrected chi connectivity index (χ0v) is 22.1. The average molecular weight is 509 g/mol. The Morgan fingerprint density at radius 1 is 0.737 bits per heavy atom. The Kier molecular flexibility index (Phi) is 7.54. The first-order valence-corrected chi connectivity index (χ1v) is 12.9. The number of carbonyl (C=O) groups is 1. The van der Waals surface area contributed by atoms with Gasteiger partial charge in [-0.05, 0) is 92.1 Å². The van der Waals surface area contributed by atoms with Crippen molar-refractivity contribution in [2.75, 3.05) is 37.7 Å². The van der Waals surface area contributed by atoms with E-state index in [1.54, 1.807) is 0 Å². The molecule has 0 unspecified atom stereocenters. The van der Waals surface area contributed by atoms with Crippen LogP contribution in [-0.2, 0) is 4.79 Å². The van der Waals surface area contributed by atoms with Crippen LogP contribution in [0.2, 0.25) is 0 Å². The summed E-state index contributed by atoms with van der Waals surface area (Å²) in [7, 11) is 0. The molecule has 2 heterocycles. The predicted octanol–water partition coefficient (Wildman–Crippen LogP) is 5.59. The predicted molar refractivity (Wildman–Crippen MR) is 149 cm³/mol. The fraction of sp³-hybridized carbons (Fsp3) is 0.258. The van der Waals surface area contributed by atoms with Crippen molar-refractivity contribution in [1.82, 2.24) is 15.1 Å². The van der Waals surface area contributed by atoms with Crippen LogP contribution in [-0.4, -0.2) is 53.8 Å². The number of benzene rings is 3. The van der Waals surface area contributed by atoms with E-state index in [1.165, 1.54) is 16.7 Å². The molecule has 0 radical (unpaired) electrons. The third kappa shape index (κ3) is 5.94. The molecule has 0 atom stereocenters. The topological polar surface area (TPSA) is 67.8 Å². The largest absolute Gasteiger partial charge is 0.484 e. The van der Waals surface area contributed by atoms with Crippen LogP contribution in [0.1, 0.15) is 16.7 Å². The second kappa shape index (κ2) is 11.3. The van der Waals surface area contributed by atoms with E-state index in [9.17, 15) is 4.79 Å². The molecular formula is C31H32N4O3. The van der Waals surface area contributed by atoms with Crippen LogP contribution < -0.4 is 14.4 Å². The Balaban J connectivity index is 1.10. The molecule has 1 fully saturated rings. The Morgan fingerprint density at radius 2 is 1.39 bits per heavy atom. The van der Waals surface area contributed by atoms with Crippen LogP contribution in [0.5, 0.6) is 17.2 Å². The lowest BCUT2D eigenvalue weighted by Crippen LogP contribution is -2.50. The summed E-state index contributed by atoms with van der Waals surface area (Å²) in [6.45, 7) is 8.98. The number of rotatable bonds is 7. The van der Waals surface area contributed by atoms with Crippen LogP contribution in [0.25, 0.3) is 11.3 Å². The number of amides is 1. The smallest absolute Gasteiger partial charge is 0.260 e. The van der Waals surface area contributed by atoms with E-state index in [2.05, 4.69) is 48.0 Å². The third-order valence-corrected chi connectivity index (χ3v) is 6.89. The summed E-state index contributed by atoms with van der Waals surface area (Å²) in [5.41, 5.74) is 5.71. The zero-order valence-electron chi connectivity index (χ0n) is 22.1. The van der Waals surface area contributed by atoms with Crippen LogP contribution in [0.3, 0.4) is 0 Å². The van der Waals surface area contributed by atoms with Gasteiger partial charge in [-0.2, -0.15) is 0 Å². The van der Waals surface area contributed by atoms with Gasteiger partial charge < -0.3 is 19.3 Å². The minimum Gasteiger partial charge on any atom is -0.484 e. The summed E-state index contributed by atoms with van der Waals surface area (Å²) in [6, 6.07) is 25.3. The van der Waals surface area contributed by atoms with Crippen LogP contribution in [0, 0.1) is 20.8 Å². The molecule has 1 amide bonds. The van der Waals surface area contributed by atoms with Gasteiger partial charge in [-0.1, -0.05) is 24.3 Å². The highest BCUT2D eigenvalue weighted by molar-refractivity contribution is 5.78. The van der Waals surface area contributed by atoms with Crippen molar-refractivity contribution in [2.24, 2.45) is 0 Å². The number of aromatic nitrogens is 2. The monoisotopic (exact) mass is 508 g/mol. The van der Waals surface area contributed by atoms with E-state index in [0.29, 0.717) is 37.7 Å². The molecule has 1 aromatic heterocycles. The number of piperazine rings is 1. The van der Waals surface area contributed by atoms with Gasteiger partial charge in [0.25, 0.3) is 5.91 Å². The number of ether oxygens (including phenoxy) is 2. The maximum Gasteiger partial charge on any atom is 0.260 e. The first-order valence-electron chi connectivity index (χ1n) is 12.9. The van der Waals surface area contributed by atoms with Crippen LogP contribution in [0.15, 0.2) is 78.9 Å². The van der Waals surface area contributed by atoms with E-state index in [0.717, 1.165) is 22.8 Å². The Bertz CT molecular complexity index is 1380. The quantitative estimate of drug-likeness (QED) is 0.324. The molecule has 7 heteroatoms. The lowest BCUT2D eigenvalue weighted by atomic mass is 9.99. The summed E-state index contributed by atoms with van der Waals surface area (Å²) in [5, 5.41) is 8.99. The number of nitrogens with zero attached hydrogens (tertiary/aromatic N) is 4. The molecule has 0 aliphatic carbocycles. The molecular weight excluding hydrogens is 476 g/mol. The normalized spacial score (nSPS) is 13.3. The van der Waals surface area contributed by atoms with E-state index in [1.807, 2.05) is 71.6 Å². The molecule has 5 rings (SSSR count). The van der Waals surface area contributed by atoms with E-state index < -0.39 is 0 Å². The molecule has 1 saturated heterocycles. The maximum absolute atomic E-state index is 12.7.